The number of ether oxygens (including phenoxy) is 1. The minimum Gasteiger partial charge on any atom is -0.444 e. The van der Waals surface area contributed by atoms with Gasteiger partial charge in [-0.25, -0.2) is 4.79 Å². The topological polar surface area (TPSA) is 57.2 Å². The Bertz CT molecular complexity index is 395. The molecule has 1 N–H and O–H groups in total. The number of allylic oxidation sites excluding steroid dienone is 1. The first kappa shape index (κ1) is 25.3. The maximum Gasteiger partial charge on any atom is 0.410 e. The van der Waals surface area contributed by atoms with Crippen LogP contribution in [0, 0.1) is 0 Å². The third-order valence-electron chi connectivity index (χ3n) is 3.00. The van der Waals surface area contributed by atoms with E-state index in [0.29, 0.717) is 13.1 Å². The normalized spacial score (nSPS) is 11.3. The van der Waals surface area contributed by atoms with Crippen LogP contribution in [0.4, 0.5) is 4.79 Å². The van der Waals surface area contributed by atoms with Crippen LogP contribution in [-0.4, -0.2) is 67.7 Å². The van der Waals surface area contributed by atoms with E-state index >= 15 is 0 Å². The molecule has 0 aromatic carbocycles. The van der Waals surface area contributed by atoms with Crippen molar-refractivity contribution >= 4 is 36.0 Å². The third kappa shape index (κ3) is 12.4. The van der Waals surface area contributed by atoms with Crippen LogP contribution in [0.2, 0.25) is 0 Å². The zero-order valence-corrected chi connectivity index (χ0v) is 18.4. The molecule has 0 saturated carbocycles. The predicted octanol–water partition coefficient (Wildman–Crippen LogP) is 3.33. The average molecular weight is 454 g/mol. The number of halogens is 1. The number of likely N-dealkylation sites (N-methyl/N-ethyl adjacent to an activating group) is 1. The van der Waals surface area contributed by atoms with E-state index in [2.05, 4.69) is 21.8 Å². The van der Waals surface area contributed by atoms with Crippen LogP contribution in [0.1, 0.15) is 40.5 Å². The fourth-order valence-corrected chi connectivity index (χ4v) is 1.79. The Hall–Kier alpha value is -0.990. The highest BCUT2D eigenvalue weighted by Crippen LogP contribution is 2.08. The lowest BCUT2D eigenvalue weighted by Crippen LogP contribution is -2.40. The number of nitrogens with zero attached hydrogens (tertiary/aromatic N) is 3. The summed E-state index contributed by atoms with van der Waals surface area (Å²) in [6.45, 7) is 14.1. The third-order valence-corrected chi connectivity index (χ3v) is 3.00. The van der Waals surface area contributed by atoms with Gasteiger partial charge in [-0.1, -0.05) is 6.08 Å². The van der Waals surface area contributed by atoms with Gasteiger partial charge in [-0.05, 0) is 40.5 Å². The SMILES string of the molecule is C=CCCCN(C)C(=NCCN(C)C(=O)OC(C)(C)C)NCC.I. The summed E-state index contributed by atoms with van der Waals surface area (Å²) in [4.78, 5) is 20.1. The molecule has 0 spiro atoms. The minimum atomic E-state index is -0.477. The van der Waals surface area contributed by atoms with Gasteiger partial charge in [0.2, 0.25) is 0 Å². The molecule has 0 radical (unpaired) electrons. The maximum absolute atomic E-state index is 11.9. The number of rotatable bonds is 8. The zero-order chi connectivity index (χ0) is 17.9. The minimum absolute atomic E-state index is 0. The van der Waals surface area contributed by atoms with Gasteiger partial charge in [-0.2, -0.15) is 0 Å². The summed E-state index contributed by atoms with van der Waals surface area (Å²) in [7, 11) is 3.74. The van der Waals surface area contributed by atoms with Crippen LogP contribution >= 0.6 is 24.0 Å². The highest BCUT2D eigenvalue weighted by molar-refractivity contribution is 14.0. The van der Waals surface area contributed by atoms with Crippen molar-refractivity contribution in [1.82, 2.24) is 15.1 Å². The van der Waals surface area contributed by atoms with E-state index in [9.17, 15) is 4.79 Å². The number of guanidine groups is 1. The molecule has 0 saturated heterocycles. The summed E-state index contributed by atoms with van der Waals surface area (Å²) < 4.78 is 5.32. The predicted molar refractivity (Wildman–Crippen MR) is 112 cm³/mol. The molecular formula is C17H35IN4O2. The molecule has 0 atom stereocenters. The molecule has 0 bridgehead atoms. The Morgan fingerprint density at radius 3 is 2.38 bits per heavy atom. The monoisotopic (exact) mass is 454 g/mol. The Labute approximate surface area is 164 Å². The van der Waals surface area contributed by atoms with E-state index < -0.39 is 5.60 Å². The van der Waals surface area contributed by atoms with Gasteiger partial charge >= 0.3 is 6.09 Å². The van der Waals surface area contributed by atoms with Crippen LogP contribution in [0.25, 0.3) is 0 Å². The lowest BCUT2D eigenvalue weighted by Gasteiger charge is -2.25. The van der Waals surface area contributed by atoms with Crippen LogP contribution in [0.3, 0.4) is 0 Å². The molecule has 0 unspecified atom stereocenters. The quantitative estimate of drug-likeness (QED) is 0.201. The molecule has 24 heavy (non-hydrogen) atoms. The number of amides is 1. The molecule has 6 nitrogen and oxygen atoms in total. The van der Waals surface area contributed by atoms with Crippen molar-refractivity contribution in [2.75, 3.05) is 40.3 Å². The molecular weight excluding hydrogens is 419 g/mol. The fourth-order valence-electron chi connectivity index (χ4n) is 1.79. The van der Waals surface area contributed by atoms with Crippen molar-refractivity contribution in [2.45, 2.75) is 46.1 Å². The van der Waals surface area contributed by atoms with Crippen LogP contribution < -0.4 is 5.32 Å². The molecule has 0 aliphatic rings. The van der Waals surface area contributed by atoms with Gasteiger partial charge in [0.25, 0.3) is 0 Å². The van der Waals surface area contributed by atoms with Gasteiger partial charge in [-0.15, -0.1) is 30.6 Å². The summed E-state index contributed by atoms with van der Waals surface area (Å²) in [6, 6.07) is 0. The van der Waals surface area contributed by atoms with E-state index in [-0.39, 0.29) is 30.1 Å². The average Bonchev–Trinajstić information content (AvgIpc) is 2.44. The molecule has 0 aromatic rings. The van der Waals surface area contributed by atoms with E-state index in [1.807, 2.05) is 40.8 Å². The first-order chi connectivity index (χ1) is 10.7. The van der Waals surface area contributed by atoms with E-state index in [1.54, 1.807) is 11.9 Å². The van der Waals surface area contributed by atoms with Crippen molar-refractivity contribution < 1.29 is 9.53 Å². The first-order valence-electron chi connectivity index (χ1n) is 8.25. The maximum atomic E-state index is 11.9. The number of nitrogens with one attached hydrogen (secondary N) is 1. The number of hydrogen-bond donors (Lipinski definition) is 1. The van der Waals surface area contributed by atoms with Crippen LogP contribution in [-0.2, 0) is 4.74 Å². The second-order valence-corrected chi connectivity index (χ2v) is 6.49. The summed E-state index contributed by atoms with van der Waals surface area (Å²) in [6.07, 6.45) is 3.64. The summed E-state index contributed by atoms with van der Waals surface area (Å²) >= 11 is 0. The van der Waals surface area contributed by atoms with Crippen molar-refractivity contribution in [3.63, 3.8) is 0 Å². The Kier molecular flexibility index (Phi) is 14.0. The second-order valence-electron chi connectivity index (χ2n) is 6.49. The van der Waals surface area contributed by atoms with Crippen LogP contribution in [0.5, 0.6) is 0 Å². The molecule has 0 rings (SSSR count). The second kappa shape index (κ2) is 13.3. The Balaban J connectivity index is 0. The number of carbonyl (C=O) groups is 1. The molecule has 0 heterocycles. The standard InChI is InChI=1S/C17H34N4O2.HI/c1-8-10-11-13-20(6)15(18-9-2)19-12-14-21(7)16(22)23-17(3,4)5;/h8H,1,9-14H2,2-7H3,(H,18,19);1H. The molecule has 142 valence electrons. The molecule has 0 aromatic heterocycles. The summed E-state index contributed by atoms with van der Waals surface area (Å²) in [5.74, 6) is 0.856. The Morgan fingerprint density at radius 2 is 1.88 bits per heavy atom. The van der Waals surface area contributed by atoms with Crippen molar-refractivity contribution in [1.29, 1.82) is 0 Å². The highest BCUT2D eigenvalue weighted by Gasteiger charge is 2.19. The van der Waals surface area contributed by atoms with Crippen LogP contribution in [0.15, 0.2) is 17.6 Å². The van der Waals surface area contributed by atoms with Gasteiger partial charge in [0.15, 0.2) is 5.96 Å². The van der Waals surface area contributed by atoms with Gasteiger partial charge in [0.1, 0.15) is 5.60 Å². The van der Waals surface area contributed by atoms with E-state index in [4.69, 9.17) is 4.74 Å². The fraction of sp³-hybridized carbons (Fsp3) is 0.765. The molecule has 1 amide bonds. The van der Waals surface area contributed by atoms with Crippen molar-refractivity contribution in [3.05, 3.63) is 12.7 Å². The highest BCUT2D eigenvalue weighted by atomic mass is 127. The van der Waals surface area contributed by atoms with Crippen molar-refractivity contribution in [3.8, 4) is 0 Å². The summed E-state index contributed by atoms with van der Waals surface area (Å²) in [5, 5.41) is 3.27. The number of aliphatic imine (C=N–C) groups is 1. The molecule has 0 aliphatic heterocycles. The van der Waals surface area contributed by atoms with Crippen molar-refractivity contribution in [2.24, 2.45) is 4.99 Å². The number of carbonyl (C=O) groups excluding carboxylic acids is 1. The lowest BCUT2D eigenvalue weighted by molar-refractivity contribution is 0.0304. The molecule has 7 heteroatoms. The van der Waals surface area contributed by atoms with Gasteiger partial charge in [-0.3, -0.25) is 4.99 Å². The van der Waals surface area contributed by atoms with Gasteiger partial charge < -0.3 is 19.9 Å². The van der Waals surface area contributed by atoms with Gasteiger partial charge in [0.05, 0.1) is 6.54 Å². The lowest BCUT2D eigenvalue weighted by atomic mass is 10.2. The smallest absolute Gasteiger partial charge is 0.410 e. The van der Waals surface area contributed by atoms with Gasteiger partial charge in [0, 0.05) is 33.7 Å². The summed E-state index contributed by atoms with van der Waals surface area (Å²) in [5.41, 5.74) is -0.477. The van der Waals surface area contributed by atoms with E-state index in [1.165, 1.54) is 0 Å². The number of hydrogen-bond acceptors (Lipinski definition) is 3. The number of unbranched alkanes of at least 4 members (excludes halogenated alkanes) is 1. The van der Waals surface area contributed by atoms with E-state index in [0.717, 1.165) is 31.9 Å². The molecule has 0 fully saturated rings. The largest absolute Gasteiger partial charge is 0.444 e. The molecule has 0 aliphatic carbocycles. The first-order valence-corrected chi connectivity index (χ1v) is 8.25. The Morgan fingerprint density at radius 1 is 1.25 bits per heavy atom. The zero-order valence-electron chi connectivity index (χ0n) is 16.1.